The van der Waals surface area contributed by atoms with Gasteiger partial charge in [-0.2, -0.15) is 4.98 Å². The first-order chi connectivity index (χ1) is 10.2. The van der Waals surface area contributed by atoms with E-state index in [2.05, 4.69) is 9.97 Å². The first-order valence-electron chi connectivity index (χ1n) is 6.25. The monoisotopic (exact) mass is 300 g/mol. The highest BCUT2D eigenvalue weighted by Crippen LogP contribution is 2.26. The summed E-state index contributed by atoms with van der Waals surface area (Å²) in [7, 11) is 0. The van der Waals surface area contributed by atoms with Crippen molar-refractivity contribution in [1.82, 2.24) is 9.97 Å². The van der Waals surface area contributed by atoms with Gasteiger partial charge in [-0.1, -0.05) is 54.1 Å². The summed E-state index contributed by atoms with van der Waals surface area (Å²) in [5, 5.41) is 0.232. The predicted molar refractivity (Wildman–Crippen MR) is 79.0 cm³/mol. The fourth-order valence-electron chi connectivity index (χ4n) is 1.81. The van der Waals surface area contributed by atoms with E-state index in [9.17, 15) is 4.39 Å². The molecular weight excluding hydrogens is 291 g/mol. The van der Waals surface area contributed by atoms with Crippen molar-refractivity contribution in [3.05, 3.63) is 71.6 Å². The van der Waals surface area contributed by atoms with E-state index in [1.165, 1.54) is 18.2 Å². The van der Waals surface area contributed by atoms with Crippen molar-refractivity contribution in [3.63, 3.8) is 0 Å². The SMILES string of the molecule is Fc1ccccc1Oc1cc(Cl)nc(-c2ccccc2)n1. The summed E-state index contributed by atoms with van der Waals surface area (Å²) < 4.78 is 19.0. The third-order valence-electron chi connectivity index (χ3n) is 2.75. The largest absolute Gasteiger partial charge is 0.436 e. The van der Waals surface area contributed by atoms with Crippen LogP contribution in [-0.2, 0) is 0 Å². The van der Waals surface area contributed by atoms with E-state index in [1.54, 1.807) is 12.1 Å². The molecule has 0 unspecified atom stereocenters. The quantitative estimate of drug-likeness (QED) is 0.656. The molecule has 21 heavy (non-hydrogen) atoms. The van der Waals surface area contributed by atoms with E-state index in [-0.39, 0.29) is 16.8 Å². The molecule has 0 spiro atoms. The summed E-state index contributed by atoms with van der Waals surface area (Å²) >= 11 is 5.98. The van der Waals surface area contributed by atoms with Crippen LogP contribution in [0, 0.1) is 5.82 Å². The van der Waals surface area contributed by atoms with Crippen LogP contribution in [0.2, 0.25) is 5.15 Å². The minimum atomic E-state index is -0.464. The number of rotatable bonds is 3. The van der Waals surface area contributed by atoms with Gasteiger partial charge in [0.05, 0.1) is 0 Å². The molecule has 0 aliphatic rings. The molecule has 0 saturated carbocycles. The number of nitrogens with zero attached hydrogens (tertiary/aromatic N) is 2. The predicted octanol–water partition coefficient (Wildman–Crippen LogP) is 4.73. The summed E-state index contributed by atoms with van der Waals surface area (Å²) in [5.74, 6) is 0.244. The second kappa shape index (κ2) is 5.89. The Balaban J connectivity index is 1.97. The number of ether oxygens (including phenoxy) is 1. The smallest absolute Gasteiger partial charge is 0.224 e. The molecule has 0 bridgehead atoms. The summed E-state index contributed by atoms with van der Waals surface area (Å²) in [4.78, 5) is 8.40. The molecule has 2 aromatic carbocycles. The maximum atomic E-state index is 13.6. The molecule has 0 aliphatic heterocycles. The summed E-state index contributed by atoms with van der Waals surface area (Å²) in [6, 6.07) is 16.9. The van der Waals surface area contributed by atoms with E-state index < -0.39 is 5.82 Å². The van der Waals surface area contributed by atoms with Crippen molar-refractivity contribution in [3.8, 4) is 23.0 Å². The fourth-order valence-corrected chi connectivity index (χ4v) is 1.98. The average Bonchev–Trinajstić information content (AvgIpc) is 2.50. The molecule has 0 atom stereocenters. The van der Waals surface area contributed by atoms with E-state index >= 15 is 0 Å². The Bertz CT molecular complexity index is 765. The second-order valence-corrected chi connectivity index (χ2v) is 4.64. The highest BCUT2D eigenvalue weighted by Gasteiger charge is 2.09. The van der Waals surface area contributed by atoms with Crippen molar-refractivity contribution in [2.75, 3.05) is 0 Å². The highest BCUT2D eigenvalue weighted by atomic mass is 35.5. The van der Waals surface area contributed by atoms with E-state index in [4.69, 9.17) is 16.3 Å². The zero-order valence-electron chi connectivity index (χ0n) is 10.8. The fraction of sp³-hybridized carbons (Fsp3) is 0. The van der Waals surface area contributed by atoms with Gasteiger partial charge in [-0.3, -0.25) is 0 Å². The molecule has 1 aromatic heterocycles. The molecule has 0 radical (unpaired) electrons. The number of aromatic nitrogens is 2. The van der Waals surface area contributed by atoms with Crippen LogP contribution in [0.1, 0.15) is 0 Å². The lowest BCUT2D eigenvalue weighted by molar-refractivity contribution is 0.427. The Morgan fingerprint density at radius 3 is 2.38 bits per heavy atom. The minimum Gasteiger partial charge on any atom is -0.436 e. The maximum Gasteiger partial charge on any atom is 0.224 e. The van der Waals surface area contributed by atoms with Crippen molar-refractivity contribution >= 4 is 11.6 Å². The Kier molecular flexibility index (Phi) is 3.79. The Hall–Kier alpha value is -2.46. The van der Waals surface area contributed by atoms with Gasteiger partial charge in [-0.25, -0.2) is 9.37 Å². The van der Waals surface area contributed by atoms with Crippen LogP contribution in [0.15, 0.2) is 60.7 Å². The van der Waals surface area contributed by atoms with Crippen molar-refractivity contribution in [1.29, 1.82) is 0 Å². The molecule has 104 valence electrons. The molecule has 0 aliphatic carbocycles. The number of para-hydroxylation sites is 1. The second-order valence-electron chi connectivity index (χ2n) is 4.25. The Morgan fingerprint density at radius 2 is 1.62 bits per heavy atom. The van der Waals surface area contributed by atoms with Gasteiger partial charge < -0.3 is 4.74 Å². The van der Waals surface area contributed by atoms with Crippen LogP contribution >= 0.6 is 11.6 Å². The van der Waals surface area contributed by atoms with Gasteiger partial charge in [-0.05, 0) is 12.1 Å². The van der Waals surface area contributed by atoms with Gasteiger partial charge in [0.1, 0.15) is 5.15 Å². The third-order valence-corrected chi connectivity index (χ3v) is 2.95. The Labute approximate surface area is 126 Å². The molecule has 3 aromatic rings. The van der Waals surface area contributed by atoms with Crippen LogP contribution < -0.4 is 4.74 Å². The van der Waals surface area contributed by atoms with Gasteiger partial charge >= 0.3 is 0 Å². The van der Waals surface area contributed by atoms with Crippen LogP contribution in [-0.4, -0.2) is 9.97 Å². The third kappa shape index (κ3) is 3.17. The average molecular weight is 301 g/mol. The zero-order chi connectivity index (χ0) is 14.7. The topological polar surface area (TPSA) is 35.0 Å². The molecule has 0 saturated heterocycles. The van der Waals surface area contributed by atoms with Crippen LogP contribution in [0.3, 0.4) is 0 Å². The number of hydrogen-bond donors (Lipinski definition) is 0. The highest BCUT2D eigenvalue weighted by molar-refractivity contribution is 6.29. The van der Waals surface area contributed by atoms with Gasteiger partial charge in [0.25, 0.3) is 0 Å². The van der Waals surface area contributed by atoms with Gasteiger partial charge in [0, 0.05) is 11.6 Å². The molecule has 5 heteroatoms. The lowest BCUT2D eigenvalue weighted by Gasteiger charge is -2.07. The molecule has 0 fully saturated rings. The molecule has 0 amide bonds. The van der Waals surface area contributed by atoms with Gasteiger partial charge in [0.2, 0.25) is 5.88 Å². The maximum absolute atomic E-state index is 13.6. The first-order valence-corrected chi connectivity index (χ1v) is 6.62. The lowest BCUT2D eigenvalue weighted by atomic mass is 10.2. The number of hydrogen-bond acceptors (Lipinski definition) is 3. The van der Waals surface area contributed by atoms with Gasteiger partial charge in [-0.15, -0.1) is 0 Å². The zero-order valence-corrected chi connectivity index (χ0v) is 11.6. The summed E-state index contributed by atoms with van der Waals surface area (Å²) in [6.07, 6.45) is 0. The van der Waals surface area contributed by atoms with E-state index in [0.29, 0.717) is 5.82 Å². The Morgan fingerprint density at radius 1 is 0.905 bits per heavy atom. The molecule has 3 nitrogen and oxygen atoms in total. The van der Waals surface area contributed by atoms with Gasteiger partial charge in [0.15, 0.2) is 17.4 Å². The summed E-state index contributed by atoms with van der Waals surface area (Å²) in [6.45, 7) is 0. The first kappa shape index (κ1) is 13.5. The van der Waals surface area contributed by atoms with Crippen LogP contribution in [0.25, 0.3) is 11.4 Å². The normalized spacial score (nSPS) is 10.4. The molecule has 0 N–H and O–H groups in total. The van der Waals surface area contributed by atoms with Crippen molar-refractivity contribution in [2.24, 2.45) is 0 Å². The molecular formula is C16H10ClFN2O. The van der Waals surface area contributed by atoms with Crippen molar-refractivity contribution < 1.29 is 9.13 Å². The molecule has 3 rings (SSSR count). The van der Waals surface area contributed by atoms with Crippen molar-refractivity contribution in [2.45, 2.75) is 0 Å². The van der Waals surface area contributed by atoms with Crippen LogP contribution in [0.5, 0.6) is 11.6 Å². The lowest BCUT2D eigenvalue weighted by Crippen LogP contribution is -1.95. The van der Waals surface area contributed by atoms with E-state index in [0.717, 1.165) is 5.56 Å². The minimum absolute atomic E-state index is 0.0891. The standard InChI is InChI=1S/C16H10ClFN2O/c17-14-10-15(21-13-9-5-4-8-12(13)18)20-16(19-14)11-6-2-1-3-7-11/h1-10H. The number of benzene rings is 2. The summed E-state index contributed by atoms with van der Waals surface area (Å²) in [5.41, 5.74) is 0.804. The molecule has 1 heterocycles. The van der Waals surface area contributed by atoms with Crippen LogP contribution in [0.4, 0.5) is 4.39 Å². The van der Waals surface area contributed by atoms with E-state index in [1.807, 2.05) is 30.3 Å². The number of halogens is 2.